The molecule has 0 radical (unpaired) electrons. The van der Waals surface area contributed by atoms with Crippen molar-refractivity contribution in [2.24, 2.45) is 4.99 Å². The lowest BCUT2D eigenvalue weighted by Gasteiger charge is -2.17. The largest absolute Gasteiger partial charge is 0.491 e. The van der Waals surface area contributed by atoms with Crippen LogP contribution in [0.3, 0.4) is 0 Å². The molecule has 1 saturated heterocycles. The number of hydrogen-bond donors (Lipinski definition) is 2. The minimum Gasteiger partial charge on any atom is -0.491 e. The molecule has 182 valence electrons. The maximum absolute atomic E-state index is 12.3. The number of halogens is 1. The molecule has 1 aliphatic rings. The monoisotopic (exact) mass is 562 g/mol. The molecule has 0 spiro atoms. The summed E-state index contributed by atoms with van der Waals surface area (Å²) >= 11 is 0. The summed E-state index contributed by atoms with van der Waals surface area (Å²) in [5.41, 5.74) is 0.907. The standard InChI is InChI=1S/C23H38N4O4.HI/c1-19(2)31-21-9-7-20(8-10-21)26-23(24-12-6-16-30-18-17-29-3)25-13-11-22(28)27-14-4-5-15-27;/h7-10,19H,4-6,11-18H2,1-3H3,(H2,24,25,26);1H. The minimum absolute atomic E-state index is 0. The van der Waals surface area contributed by atoms with Gasteiger partial charge in [-0.1, -0.05) is 0 Å². The van der Waals surface area contributed by atoms with E-state index in [4.69, 9.17) is 14.2 Å². The Morgan fingerprint density at radius 2 is 1.84 bits per heavy atom. The van der Waals surface area contributed by atoms with Crippen molar-refractivity contribution in [1.82, 2.24) is 10.2 Å². The van der Waals surface area contributed by atoms with Crippen molar-refractivity contribution < 1.29 is 19.0 Å². The third-order valence-corrected chi connectivity index (χ3v) is 4.73. The van der Waals surface area contributed by atoms with Crippen LogP contribution in [-0.2, 0) is 14.3 Å². The van der Waals surface area contributed by atoms with Gasteiger partial charge in [-0.25, -0.2) is 0 Å². The van der Waals surface area contributed by atoms with Crippen molar-refractivity contribution in [3.63, 3.8) is 0 Å². The molecule has 0 bridgehead atoms. The molecule has 0 atom stereocenters. The number of methoxy groups -OCH3 is 1. The summed E-state index contributed by atoms with van der Waals surface area (Å²) in [6, 6.07) is 7.78. The lowest BCUT2D eigenvalue weighted by Crippen LogP contribution is -2.35. The Balaban J connectivity index is 0.00000512. The van der Waals surface area contributed by atoms with Crippen LogP contribution in [0.4, 0.5) is 5.69 Å². The van der Waals surface area contributed by atoms with Gasteiger partial charge in [0.15, 0.2) is 5.96 Å². The number of anilines is 1. The Bertz CT molecular complexity index is 664. The van der Waals surface area contributed by atoms with Gasteiger partial charge in [0, 0.05) is 52.0 Å². The highest BCUT2D eigenvalue weighted by Crippen LogP contribution is 2.17. The summed E-state index contributed by atoms with van der Waals surface area (Å²) in [7, 11) is 1.66. The van der Waals surface area contributed by atoms with Crippen LogP contribution in [0.1, 0.15) is 39.5 Å². The molecule has 8 nitrogen and oxygen atoms in total. The Morgan fingerprint density at radius 1 is 1.12 bits per heavy atom. The normalized spacial score (nSPS) is 13.8. The fourth-order valence-electron chi connectivity index (χ4n) is 3.18. The number of carbonyl (C=O) groups excluding carboxylic acids is 1. The van der Waals surface area contributed by atoms with Gasteiger partial charge in [-0.05, 0) is 57.4 Å². The van der Waals surface area contributed by atoms with Gasteiger partial charge in [0.1, 0.15) is 5.75 Å². The van der Waals surface area contributed by atoms with Gasteiger partial charge in [-0.15, -0.1) is 24.0 Å². The first-order valence-electron chi connectivity index (χ1n) is 11.2. The Morgan fingerprint density at radius 3 is 2.50 bits per heavy atom. The van der Waals surface area contributed by atoms with E-state index in [-0.39, 0.29) is 36.0 Å². The second-order valence-electron chi connectivity index (χ2n) is 7.77. The number of nitrogens with zero attached hydrogens (tertiary/aromatic N) is 2. The van der Waals surface area contributed by atoms with E-state index in [1.54, 1.807) is 7.11 Å². The first-order chi connectivity index (χ1) is 15.1. The van der Waals surface area contributed by atoms with Crippen molar-refractivity contribution in [2.75, 3.05) is 58.4 Å². The fraction of sp³-hybridized carbons (Fsp3) is 0.652. The summed E-state index contributed by atoms with van der Waals surface area (Å²) in [5, 5.41) is 6.59. The highest BCUT2D eigenvalue weighted by Gasteiger charge is 2.17. The van der Waals surface area contributed by atoms with Gasteiger partial charge in [0.2, 0.25) is 5.91 Å². The van der Waals surface area contributed by atoms with Crippen LogP contribution in [0.25, 0.3) is 0 Å². The number of hydrogen-bond acceptors (Lipinski definition) is 5. The van der Waals surface area contributed by atoms with Crippen LogP contribution in [0.2, 0.25) is 0 Å². The number of nitrogens with one attached hydrogen (secondary N) is 2. The number of rotatable bonds is 13. The number of benzene rings is 1. The summed E-state index contributed by atoms with van der Waals surface area (Å²) in [4.78, 5) is 18.9. The van der Waals surface area contributed by atoms with Crippen LogP contribution in [0, 0.1) is 0 Å². The average Bonchev–Trinajstić information content (AvgIpc) is 3.29. The van der Waals surface area contributed by atoms with E-state index in [0.29, 0.717) is 45.3 Å². The first kappa shape index (κ1) is 28.4. The zero-order chi connectivity index (χ0) is 22.3. The molecule has 0 unspecified atom stereocenters. The molecule has 0 aromatic heterocycles. The number of likely N-dealkylation sites (tertiary alicyclic amines) is 1. The first-order valence-corrected chi connectivity index (χ1v) is 11.2. The molecule has 32 heavy (non-hydrogen) atoms. The Labute approximate surface area is 209 Å². The zero-order valence-electron chi connectivity index (χ0n) is 19.6. The number of aliphatic imine (C=N–C) groups is 1. The third kappa shape index (κ3) is 11.9. The SMILES string of the molecule is COCCOCCCN=C(NCCC(=O)N1CCCC1)Nc1ccc(OC(C)C)cc1.I. The molecule has 1 amide bonds. The third-order valence-electron chi connectivity index (χ3n) is 4.73. The molecular weight excluding hydrogens is 523 g/mol. The second-order valence-corrected chi connectivity index (χ2v) is 7.77. The van der Waals surface area contributed by atoms with E-state index < -0.39 is 0 Å². The maximum Gasteiger partial charge on any atom is 0.224 e. The number of amides is 1. The van der Waals surface area contributed by atoms with Crippen molar-refractivity contribution in [3.8, 4) is 5.75 Å². The molecule has 1 aliphatic heterocycles. The van der Waals surface area contributed by atoms with Crippen molar-refractivity contribution in [2.45, 2.75) is 45.6 Å². The van der Waals surface area contributed by atoms with Gasteiger partial charge in [0.05, 0.1) is 19.3 Å². The van der Waals surface area contributed by atoms with Crippen LogP contribution in [0.15, 0.2) is 29.3 Å². The van der Waals surface area contributed by atoms with E-state index in [2.05, 4.69) is 15.6 Å². The lowest BCUT2D eigenvalue weighted by atomic mass is 10.3. The van der Waals surface area contributed by atoms with Crippen LogP contribution in [-0.4, -0.2) is 76.0 Å². The molecule has 0 saturated carbocycles. The van der Waals surface area contributed by atoms with Gasteiger partial charge in [0.25, 0.3) is 0 Å². The van der Waals surface area contributed by atoms with Crippen LogP contribution in [0.5, 0.6) is 5.75 Å². The molecule has 2 N–H and O–H groups in total. The highest BCUT2D eigenvalue weighted by molar-refractivity contribution is 14.0. The zero-order valence-corrected chi connectivity index (χ0v) is 21.9. The number of carbonyl (C=O) groups is 1. The topological polar surface area (TPSA) is 84.4 Å². The smallest absolute Gasteiger partial charge is 0.224 e. The number of guanidine groups is 1. The lowest BCUT2D eigenvalue weighted by molar-refractivity contribution is -0.129. The summed E-state index contributed by atoms with van der Waals surface area (Å²) in [6.45, 7) is 8.75. The van der Waals surface area contributed by atoms with E-state index in [1.165, 1.54) is 0 Å². The highest BCUT2D eigenvalue weighted by atomic mass is 127. The van der Waals surface area contributed by atoms with Crippen molar-refractivity contribution in [1.29, 1.82) is 0 Å². The molecule has 0 aliphatic carbocycles. The molecule has 1 heterocycles. The quantitative estimate of drug-likeness (QED) is 0.166. The molecule has 9 heteroatoms. The maximum atomic E-state index is 12.3. The van der Waals surface area contributed by atoms with Gasteiger partial charge in [-0.2, -0.15) is 0 Å². The van der Waals surface area contributed by atoms with Crippen LogP contribution >= 0.6 is 24.0 Å². The van der Waals surface area contributed by atoms with E-state index in [0.717, 1.165) is 43.8 Å². The van der Waals surface area contributed by atoms with E-state index in [1.807, 2.05) is 43.0 Å². The summed E-state index contributed by atoms with van der Waals surface area (Å²) < 4.78 is 16.2. The van der Waals surface area contributed by atoms with Gasteiger partial charge < -0.3 is 29.7 Å². The van der Waals surface area contributed by atoms with Crippen molar-refractivity contribution in [3.05, 3.63) is 24.3 Å². The Kier molecular flexibility index (Phi) is 15.1. The second kappa shape index (κ2) is 17.0. The van der Waals surface area contributed by atoms with Gasteiger partial charge >= 0.3 is 0 Å². The number of ether oxygens (including phenoxy) is 3. The molecule has 1 fully saturated rings. The van der Waals surface area contributed by atoms with E-state index >= 15 is 0 Å². The van der Waals surface area contributed by atoms with Crippen molar-refractivity contribution >= 4 is 41.5 Å². The molecule has 1 aromatic carbocycles. The van der Waals surface area contributed by atoms with Crippen LogP contribution < -0.4 is 15.4 Å². The molecule has 1 aromatic rings. The minimum atomic E-state index is 0. The summed E-state index contributed by atoms with van der Waals surface area (Å²) in [5.74, 6) is 1.69. The predicted octanol–water partition coefficient (Wildman–Crippen LogP) is 3.51. The fourth-order valence-corrected chi connectivity index (χ4v) is 3.18. The molecular formula is C23H39IN4O4. The summed E-state index contributed by atoms with van der Waals surface area (Å²) in [6.07, 6.45) is 3.62. The Hall–Kier alpha value is -1.59. The predicted molar refractivity (Wildman–Crippen MR) is 139 cm³/mol. The van der Waals surface area contributed by atoms with E-state index in [9.17, 15) is 4.79 Å². The molecule has 2 rings (SSSR count). The average molecular weight is 562 g/mol. The van der Waals surface area contributed by atoms with Gasteiger partial charge in [-0.3, -0.25) is 9.79 Å².